The predicted octanol–water partition coefficient (Wildman–Crippen LogP) is 2.15. The molecule has 2 rings (SSSR count). The second-order valence-corrected chi connectivity index (χ2v) is 6.40. The van der Waals surface area contributed by atoms with E-state index in [1.165, 1.54) is 7.11 Å². The van der Waals surface area contributed by atoms with E-state index in [2.05, 4.69) is 20.5 Å². The topological polar surface area (TPSA) is 83.0 Å². The molecule has 1 aliphatic heterocycles. The van der Waals surface area contributed by atoms with E-state index in [1.807, 2.05) is 0 Å². The van der Waals surface area contributed by atoms with Gasteiger partial charge in [0.1, 0.15) is 0 Å². The number of carbonyl (C=O) groups excluding carboxylic acids is 2. The third-order valence-electron chi connectivity index (χ3n) is 4.35. The highest BCUT2D eigenvalue weighted by Gasteiger charge is 2.26. The Hall–Kier alpha value is -1.55. The lowest BCUT2D eigenvalue weighted by Gasteiger charge is -2.33. The minimum Gasteiger partial charge on any atom is -0.469 e. The third-order valence-corrected chi connectivity index (χ3v) is 4.68. The lowest BCUT2D eigenvalue weighted by Crippen LogP contribution is -2.48. The first-order valence-electron chi connectivity index (χ1n) is 8.63. The van der Waals surface area contributed by atoms with Crippen LogP contribution in [0.3, 0.4) is 0 Å². The van der Waals surface area contributed by atoms with Crippen LogP contribution in [-0.2, 0) is 9.53 Å². The van der Waals surface area contributed by atoms with Gasteiger partial charge in [0, 0.05) is 33.2 Å². The molecule has 150 valence electrons. The highest BCUT2D eigenvalue weighted by molar-refractivity contribution is 14.0. The fourth-order valence-corrected chi connectivity index (χ4v) is 3.14. The average molecular weight is 509 g/mol. The Morgan fingerprint density at radius 2 is 1.85 bits per heavy atom. The Morgan fingerprint density at radius 1 is 1.22 bits per heavy atom. The molecule has 1 heterocycles. The van der Waals surface area contributed by atoms with Crippen molar-refractivity contribution < 1.29 is 14.3 Å². The number of rotatable bonds is 5. The van der Waals surface area contributed by atoms with Crippen LogP contribution in [-0.4, -0.2) is 63.1 Å². The van der Waals surface area contributed by atoms with E-state index in [4.69, 9.17) is 16.3 Å². The highest BCUT2D eigenvalue weighted by Crippen LogP contribution is 2.18. The number of guanidine groups is 1. The largest absolute Gasteiger partial charge is 0.469 e. The molecule has 1 amide bonds. The molecule has 0 spiro atoms. The quantitative estimate of drug-likeness (QED) is 0.209. The SMILES string of the molecule is CN=C(NCCNC(=O)c1ccccc1Cl)N1CCC(C(=O)OC)CC1.I. The molecular formula is C18H26ClIN4O3. The molecule has 0 saturated carbocycles. The van der Waals surface area contributed by atoms with Crippen molar-refractivity contribution in [2.45, 2.75) is 12.8 Å². The number of hydrogen-bond donors (Lipinski definition) is 2. The summed E-state index contributed by atoms with van der Waals surface area (Å²) in [5, 5.41) is 6.49. The van der Waals surface area contributed by atoms with E-state index in [9.17, 15) is 9.59 Å². The fraction of sp³-hybridized carbons (Fsp3) is 0.500. The van der Waals surface area contributed by atoms with Crippen LogP contribution >= 0.6 is 35.6 Å². The number of esters is 1. The van der Waals surface area contributed by atoms with E-state index in [0.29, 0.717) is 23.7 Å². The van der Waals surface area contributed by atoms with Gasteiger partial charge in [0.05, 0.1) is 23.6 Å². The fourth-order valence-electron chi connectivity index (χ4n) is 2.92. The highest BCUT2D eigenvalue weighted by atomic mass is 127. The van der Waals surface area contributed by atoms with Crippen molar-refractivity contribution in [2.75, 3.05) is 40.3 Å². The molecule has 1 saturated heterocycles. The zero-order valence-corrected chi connectivity index (χ0v) is 18.6. The van der Waals surface area contributed by atoms with E-state index in [0.717, 1.165) is 31.9 Å². The number of likely N-dealkylation sites (tertiary alicyclic amines) is 1. The number of methoxy groups -OCH3 is 1. The second-order valence-electron chi connectivity index (χ2n) is 5.99. The van der Waals surface area contributed by atoms with Crippen molar-refractivity contribution in [2.24, 2.45) is 10.9 Å². The van der Waals surface area contributed by atoms with Crippen LogP contribution in [0.4, 0.5) is 0 Å². The average Bonchev–Trinajstić information content (AvgIpc) is 2.68. The number of nitrogens with one attached hydrogen (secondary N) is 2. The smallest absolute Gasteiger partial charge is 0.308 e. The molecule has 0 atom stereocenters. The summed E-state index contributed by atoms with van der Waals surface area (Å²) < 4.78 is 4.81. The van der Waals surface area contributed by atoms with Crippen LogP contribution in [0.1, 0.15) is 23.2 Å². The van der Waals surface area contributed by atoms with Gasteiger partial charge in [-0.15, -0.1) is 24.0 Å². The summed E-state index contributed by atoms with van der Waals surface area (Å²) in [7, 11) is 3.14. The lowest BCUT2D eigenvalue weighted by molar-refractivity contribution is -0.146. The maximum atomic E-state index is 12.1. The molecule has 1 fully saturated rings. The second kappa shape index (κ2) is 12.0. The number of aliphatic imine (C=N–C) groups is 1. The minimum atomic E-state index is -0.203. The van der Waals surface area contributed by atoms with E-state index >= 15 is 0 Å². The number of ether oxygens (including phenoxy) is 1. The summed E-state index contributed by atoms with van der Waals surface area (Å²) in [6, 6.07) is 6.94. The zero-order chi connectivity index (χ0) is 18.9. The van der Waals surface area contributed by atoms with Crippen molar-refractivity contribution >= 4 is 53.4 Å². The molecule has 1 aromatic rings. The molecule has 9 heteroatoms. The molecule has 1 aliphatic rings. The Morgan fingerprint density at radius 3 is 2.44 bits per heavy atom. The van der Waals surface area contributed by atoms with Gasteiger partial charge in [-0.3, -0.25) is 14.6 Å². The summed E-state index contributed by atoms with van der Waals surface area (Å²) in [5.41, 5.74) is 0.462. The van der Waals surface area contributed by atoms with Gasteiger partial charge in [-0.1, -0.05) is 23.7 Å². The van der Waals surface area contributed by atoms with Crippen LogP contribution in [0.2, 0.25) is 5.02 Å². The zero-order valence-electron chi connectivity index (χ0n) is 15.5. The molecular weight excluding hydrogens is 483 g/mol. The van der Waals surface area contributed by atoms with Crippen molar-refractivity contribution in [3.8, 4) is 0 Å². The number of piperidine rings is 1. The van der Waals surface area contributed by atoms with Crippen molar-refractivity contribution in [3.05, 3.63) is 34.9 Å². The Balaban J connectivity index is 0.00000364. The van der Waals surface area contributed by atoms with Gasteiger partial charge in [0.2, 0.25) is 0 Å². The van der Waals surface area contributed by atoms with Gasteiger partial charge in [0.25, 0.3) is 5.91 Å². The van der Waals surface area contributed by atoms with Crippen LogP contribution < -0.4 is 10.6 Å². The summed E-state index contributed by atoms with van der Waals surface area (Å²) in [5.74, 6) is 0.380. The minimum absolute atomic E-state index is 0. The predicted molar refractivity (Wildman–Crippen MR) is 117 cm³/mol. The normalized spacial score (nSPS) is 14.9. The summed E-state index contributed by atoms with van der Waals surface area (Å²) in [6.07, 6.45) is 1.49. The van der Waals surface area contributed by atoms with Crippen molar-refractivity contribution in [1.82, 2.24) is 15.5 Å². The molecule has 27 heavy (non-hydrogen) atoms. The first-order valence-corrected chi connectivity index (χ1v) is 9.00. The van der Waals surface area contributed by atoms with E-state index in [1.54, 1.807) is 31.3 Å². The third kappa shape index (κ3) is 6.84. The molecule has 7 nitrogen and oxygen atoms in total. The maximum absolute atomic E-state index is 12.1. The lowest BCUT2D eigenvalue weighted by atomic mass is 9.97. The van der Waals surface area contributed by atoms with Gasteiger partial charge in [-0.25, -0.2) is 0 Å². The van der Waals surface area contributed by atoms with Crippen LogP contribution in [0, 0.1) is 5.92 Å². The Kier molecular flexibility index (Phi) is 10.5. The number of hydrogen-bond acceptors (Lipinski definition) is 4. The number of amides is 1. The standard InChI is InChI=1S/C18H25ClN4O3.HI/c1-20-18(23-11-7-13(8-12-23)17(25)26-2)22-10-9-21-16(24)14-5-3-4-6-15(14)19;/h3-6,13H,7-12H2,1-2H3,(H,20,22)(H,21,24);1H. The van der Waals surface area contributed by atoms with Crippen LogP contribution in [0.5, 0.6) is 0 Å². The Labute approximate surface area is 181 Å². The molecule has 0 aromatic heterocycles. The summed E-state index contributed by atoms with van der Waals surface area (Å²) in [6.45, 7) is 2.47. The molecule has 1 aromatic carbocycles. The summed E-state index contributed by atoms with van der Waals surface area (Å²) in [4.78, 5) is 30.1. The van der Waals surface area contributed by atoms with E-state index in [-0.39, 0.29) is 41.8 Å². The number of nitrogens with zero attached hydrogens (tertiary/aromatic N) is 2. The first kappa shape index (κ1) is 23.5. The van der Waals surface area contributed by atoms with Crippen LogP contribution in [0.25, 0.3) is 0 Å². The summed E-state index contributed by atoms with van der Waals surface area (Å²) >= 11 is 6.02. The van der Waals surface area contributed by atoms with Gasteiger partial charge in [-0.2, -0.15) is 0 Å². The molecule has 0 bridgehead atoms. The van der Waals surface area contributed by atoms with Crippen molar-refractivity contribution in [3.63, 3.8) is 0 Å². The number of benzene rings is 1. The molecule has 0 aliphatic carbocycles. The van der Waals surface area contributed by atoms with E-state index < -0.39 is 0 Å². The van der Waals surface area contributed by atoms with Gasteiger partial charge in [0.15, 0.2) is 5.96 Å². The van der Waals surface area contributed by atoms with Gasteiger partial charge >= 0.3 is 5.97 Å². The Bertz CT molecular complexity index is 664. The molecule has 0 unspecified atom stereocenters. The maximum Gasteiger partial charge on any atom is 0.308 e. The number of halogens is 2. The molecule has 2 N–H and O–H groups in total. The number of carbonyl (C=O) groups is 2. The first-order chi connectivity index (χ1) is 12.6. The van der Waals surface area contributed by atoms with Gasteiger partial charge in [-0.05, 0) is 25.0 Å². The monoisotopic (exact) mass is 508 g/mol. The van der Waals surface area contributed by atoms with Crippen molar-refractivity contribution in [1.29, 1.82) is 0 Å². The van der Waals surface area contributed by atoms with Crippen LogP contribution in [0.15, 0.2) is 29.3 Å². The van der Waals surface area contributed by atoms with Gasteiger partial charge < -0.3 is 20.3 Å². The molecule has 0 radical (unpaired) electrons.